The second-order valence-electron chi connectivity index (χ2n) is 7.70. The van der Waals surface area contributed by atoms with Gasteiger partial charge in [-0.3, -0.25) is 9.05 Å². The van der Waals surface area contributed by atoms with Crippen LogP contribution in [0.1, 0.15) is 104 Å². The summed E-state index contributed by atoms with van der Waals surface area (Å²) in [5, 5.41) is 0. The molecular formula is C22H47O5PS. The molecule has 0 aliphatic carbocycles. The van der Waals surface area contributed by atoms with E-state index in [1.54, 1.807) is 0 Å². The summed E-state index contributed by atoms with van der Waals surface area (Å²) >= 11 is 1.83. The molecule has 0 saturated heterocycles. The number of hydrogen-bond acceptors (Lipinski definition) is 5. The maximum atomic E-state index is 11.4. The molecule has 0 radical (unpaired) electrons. The van der Waals surface area contributed by atoms with Gasteiger partial charge in [0.05, 0.1) is 12.7 Å². The van der Waals surface area contributed by atoms with Gasteiger partial charge in [0, 0.05) is 19.5 Å². The molecule has 1 N–H and O–H groups in total. The summed E-state index contributed by atoms with van der Waals surface area (Å²) in [4.78, 5) is 9.30. The van der Waals surface area contributed by atoms with Crippen LogP contribution in [0.15, 0.2) is 0 Å². The second-order valence-corrected chi connectivity index (χ2v) is 10.4. The third-order valence-corrected chi connectivity index (χ3v) is 7.12. The first-order valence-electron chi connectivity index (χ1n) is 11.8. The molecule has 176 valence electrons. The lowest BCUT2D eigenvalue weighted by Crippen LogP contribution is -2.22. The average molecular weight is 455 g/mol. The minimum absolute atomic E-state index is 0.0845. The highest BCUT2D eigenvalue weighted by molar-refractivity contribution is 7.99. The van der Waals surface area contributed by atoms with E-state index in [2.05, 4.69) is 11.4 Å². The summed E-state index contributed by atoms with van der Waals surface area (Å²) in [6, 6.07) is 0. The Labute approximate surface area is 184 Å². The van der Waals surface area contributed by atoms with Crippen molar-refractivity contribution in [2.45, 2.75) is 110 Å². The Hall–Kier alpha value is 0.420. The maximum Gasteiger partial charge on any atom is 0.472 e. The van der Waals surface area contributed by atoms with E-state index in [4.69, 9.17) is 9.26 Å². The van der Waals surface area contributed by atoms with Crippen molar-refractivity contribution in [1.29, 1.82) is 0 Å². The predicted octanol–water partition coefficient (Wildman–Crippen LogP) is 7.37. The first-order chi connectivity index (χ1) is 14.1. The Bertz CT molecular complexity index is 384. The summed E-state index contributed by atoms with van der Waals surface area (Å²) in [6.45, 7) is 4.84. The van der Waals surface area contributed by atoms with Gasteiger partial charge in [-0.15, -0.1) is 0 Å². The highest BCUT2D eigenvalue weighted by Gasteiger charge is 2.21. The molecule has 0 aliphatic heterocycles. The van der Waals surface area contributed by atoms with Gasteiger partial charge in [-0.1, -0.05) is 90.4 Å². The third-order valence-electron chi connectivity index (χ3n) is 5.00. The SMILES string of the molecule is CCCCCCCCCCCCCCCCSCC(COP(=O)(O)OC)OCC. The van der Waals surface area contributed by atoms with Gasteiger partial charge >= 0.3 is 7.82 Å². The van der Waals surface area contributed by atoms with Gasteiger partial charge in [0.15, 0.2) is 0 Å². The molecule has 7 heteroatoms. The van der Waals surface area contributed by atoms with Crippen LogP contribution in [-0.2, 0) is 18.3 Å². The second kappa shape index (κ2) is 21.6. The van der Waals surface area contributed by atoms with E-state index in [0.717, 1.165) is 11.5 Å². The molecule has 0 aromatic rings. The Balaban J connectivity index is 3.40. The summed E-state index contributed by atoms with van der Waals surface area (Å²) in [5.41, 5.74) is 0. The zero-order chi connectivity index (χ0) is 21.6. The highest BCUT2D eigenvalue weighted by Crippen LogP contribution is 2.42. The molecule has 0 bridgehead atoms. The van der Waals surface area contributed by atoms with Gasteiger partial charge in [-0.25, -0.2) is 4.57 Å². The third kappa shape index (κ3) is 21.4. The number of ether oxygens (including phenoxy) is 1. The lowest BCUT2D eigenvalue weighted by molar-refractivity contribution is 0.0310. The van der Waals surface area contributed by atoms with Gasteiger partial charge in [0.25, 0.3) is 0 Å². The van der Waals surface area contributed by atoms with Crippen LogP contribution in [0.5, 0.6) is 0 Å². The van der Waals surface area contributed by atoms with Crippen molar-refractivity contribution in [2.24, 2.45) is 0 Å². The molecule has 5 nitrogen and oxygen atoms in total. The number of hydrogen-bond donors (Lipinski definition) is 1. The van der Waals surface area contributed by atoms with Crippen LogP contribution < -0.4 is 0 Å². The standard InChI is InChI=1S/C22H47O5PS/c1-4-6-7-8-9-10-11-12-13-14-15-16-17-18-19-29-21-22(26-5-2)20-27-28(23,24)25-3/h22H,4-21H2,1-3H3,(H,23,24). The molecule has 0 heterocycles. The van der Waals surface area contributed by atoms with E-state index in [1.807, 2.05) is 18.7 Å². The van der Waals surface area contributed by atoms with Crippen molar-refractivity contribution >= 4 is 19.6 Å². The van der Waals surface area contributed by atoms with Crippen molar-refractivity contribution < 1.29 is 23.2 Å². The van der Waals surface area contributed by atoms with E-state index < -0.39 is 7.82 Å². The molecule has 0 aliphatic rings. The number of rotatable bonds is 23. The van der Waals surface area contributed by atoms with Gasteiger partial charge in [0.1, 0.15) is 0 Å². The van der Waals surface area contributed by atoms with E-state index in [9.17, 15) is 9.46 Å². The van der Waals surface area contributed by atoms with E-state index in [0.29, 0.717) is 6.61 Å². The summed E-state index contributed by atoms with van der Waals surface area (Å²) in [5.74, 6) is 1.87. The van der Waals surface area contributed by atoms with Gasteiger partial charge in [0.2, 0.25) is 0 Å². The first kappa shape index (κ1) is 29.4. The lowest BCUT2D eigenvalue weighted by Gasteiger charge is -2.18. The van der Waals surface area contributed by atoms with Crippen LogP contribution in [0.3, 0.4) is 0 Å². The normalized spacial score (nSPS) is 14.8. The zero-order valence-electron chi connectivity index (χ0n) is 19.2. The number of phosphoric ester groups is 1. The summed E-state index contributed by atoms with van der Waals surface area (Å²) in [7, 11) is -2.75. The van der Waals surface area contributed by atoms with Crippen molar-refractivity contribution in [3.8, 4) is 0 Å². The number of thioether (sulfide) groups is 1. The fraction of sp³-hybridized carbons (Fsp3) is 1.00. The van der Waals surface area contributed by atoms with Gasteiger partial charge < -0.3 is 9.63 Å². The molecule has 0 spiro atoms. The molecule has 0 amide bonds. The first-order valence-corrected chi connectivity index (χ1v) is 14.4. The fourth-order valence-corrected chi connectivity index (χ4v) is 4.71. The largest absolute Gasteiger partial charge is 0.472 e. The molecule has 29 heavy (non-hydrogen) atoms. The number of unbranched alkanes of at least 4 members (excludes halogenated alkanes) is 13. The predicted molar refractivity (Wildman–Crippen MR) is 126 cm³/mol. The molecule has 2 atom stereocenters. The van der Waals surface area contributed by atoms with Crippen LogP contribution in [0.4, 0.5) is 0 Å². The van der Waals surface area contributed by atoms with Crippen molar-refractivity contribution in [1.82, 2.24) is 0 Å². The van der Waals surface area contributed by atoms with Crippen LogP contribution in [-0.4, -0.2) is 42.8 Å². The highest BCUT2D eigenvalue weighted by atomic mass is 32.2. The number of phosphoric acid groups is 1. The molecule has 0 aromatic carbocycles. The van der Waals surface area contributed by atoms with Crippen LogP contribution >= 0.6 is 19.6 Å². The zero-order valence-corrected chi connectivity index (χ0v) is 21.0. The van der Waals surface area contributed by atoms with Gasteiger partial charge in [-0.05, 0) is 19.1 Å². The molecule has 0 fully saturated rings. The smallest absolute Gasteiger partial charge is 0.375 e. The Morgan fingerprint density at radius 1 is 0.828 bits per heavy atom. The van der Waals surface area contributed by atoms with E-state index in [1.165, 1.54) is 97.0 Å². The summed E-state index contributed by atoms with van der Waals surface area (Å²) in [6.07, 6.45) is 19.1. The molecule has 0 rings (SSSR count). The van der Waals surface area contributed by atoms with E-state index >= 15 is 0 Å². The van der Waals surface area contributed by atoms with Crippen LogP contribution in [0, 0.1) is 0 Å². The molecular weight excluding hydrogens is 407 g/mol. The lowest BCUT2D eigenvalue weighted by atomic mass is 10.0. The molecule has 2 unspecified atom stereocenters. The summed E-state index contributed by atoms with van der Waals surface area (Å²) < 4.78 is 26.3. The molecule has 0 saturated carbocycles. The topological polar surface area (TPSA) is 65.0 Å². The quantitative estimate of drug-likeness (QED) is 0.128. The monoisotopic (exact) mass is 454 g/mol. The van der Waals surface area contributed by atoms with Crippen molar-refractivity contribution in [3.63, 3.8) is 0 Å². The Morgan fingerprint density at radius 2 is 1.31 bits per heavy atom. The minimum Gasteiger partial charge on any atom is -0.375 e. The Kier molecular flexibility index (Phi) is 22.0. The average Bonchev–Trinajstić information content (AvgIpc) is 2.71. The Morgan fingerprint density at radius 3 is 1.76 bits per heavy atom. The van der Waals surface area contributed by atoms with Crippen LogP contribution in [0.2, 0.25) is 0 Å². The fourth-order valence-electron chi connectivity index (χ4n) is 3.22. The van der Waals surface area contributed by atoms with Gasteiger partial charge in [-0.2, -0.15) is 11.8 Å². The van der Waals surface area contributed by atoms with Crippen molar-refractivity contribution in [2.75, 3.05) is 31.8 Å². The molecule has 0 aromatic heterocycles. The van der Waals surface area contributed by atoms with Crippen molar-refractivity contribution in [3.05, 3.63) is 0 Å². The van der Waals surface area contributed by atoms with E-state index in [-0.39, 0.29) is 12.7 Å². The van der Waals surface area contributed by atoms with Crippen LogP contribution in [0.25, 0.3) is 0 Å². The maximum absolute atomic E-state index is 11.4. The minimum atomic E-state index is -3.92.